The van der Waals surface area contributed by atoms with E-state index in [4.69, 9.17) is 0 Å². The molecule has 3 aromatic rings. The van der Waals surface area contributed by atoms with E-state index in [1.807, 2.05) is 12.3 Å². The topological polar surface area (TPSA) is 87.6 Å². The molecule has 4 fully saturated rings. The highest BCUT2D eigenvalue weighted by molar-refractivity contribution is 5.62. The maximum Gasteiger partial charge on any atom is 0.175 e. The summed E-state index contributed by atoms with van der Waals surface area (Å²) < 4.78 is 0. The molecular formula is C23H25N5O. The van der Waals surface area contributed by atoms with Crippen molar-refractivity contribution < 1.29 is 5.11 Å². The summed E-state index contributed by atoms with van der Waals surface area (Å²) in [4.78, 5) is 4.25. The molecule has 0 spiro atoms. The highest BCUT2D eigenvalue weighted by Crippen LogP contribution is 2.63. The van der Waals surface area contributed by atoms with E-state index in [2.05, 4.69) is 55.9 Å². The third-order valence-electron chi connectivity index (χ3n) is 8.03. The number of aliphatic hydroxyl groups excluding tert-OH is 1. The fraction of sp³-hybridized carbons (Fsp3) is 0.478. The van der Waals surface area contributed by atoms with Gasteiger partial charge in [0.25, 0.3) is 0 Å². The number of rotatable bonds is 4. The second-order valence-corrected chi connectivity index (χ2v) is 9.21. The highest BCUT2D eigenvalue weighted by Gasteiger charge is 2.60. The Balaban J connectivity index is 1.42. The average molecular weight is 387 g/mol. The van der Waals surface area contributed by atoms with Crippen LogP contribution in [0.1, 0.15) is 37.1 Å². The molecule has 0 unspecified atom stereocenters. The Kier molecular flexibility index (Phi) is 3.85. The van der Waals surface area contributed by atoms with Crippen LogP contribution in [0.4, 0.5) is 0 Å². The zero-order chi connectivity index (χ0) is 19.4. The number of aliphatic hydroxyl groups is 1. The lowest BCUT2D eigenvalue weighted by Gasteiger charge is -2.63. The van der Waals surface area contributed by atoms with Gasteiger partial charge in [-0.1, -0.05) is 35.5 Å². The lowest BCUT2D eigenvalue weighted by molar-refractivity contribution is -0.136. The fourth-order valence-corrected chi connectivity index (χ4v) is 6.85. The van der Waals surface area contributed by atoms with Crippen molar-refractivity contribution in [1.82, 2.24) is 25.6 Å². The zero-order valence-corrected chi connectivity index (χ0v) is 16.3. The van der Waals surface area contributed by atoms with Crippen molar-refractivity contribution in [3.05, 3.63) is 60.2 Å². The Morgan fingerprint density at radius 3 is 2.28 bits per heavy atom. The number of pyridine rings is 1. The van der Waals surface area contributed by atoms with E-state index in [0.29, 0.717) is 23.7 Å². The molecule has 2 heterocycles. The smallest absolute Gasteiger partial charge is 0.175 e. The van der Waals surface area contributed by atoms with Gasteiger partial charge in [-0.3, -0.25) is 4.98 Å². The first kappa shape index (κ1) is 17.3. The van der Waals surface area contributed by atoms with Crippen LogP contribution in [0.15, 0.2) is 48.8 Å². The van der Waals surface area contributed by atoms with Gasteiger partial charge in [0.2, 0.25) is 0 Å². The summed E-state index contributed by atoms with van der Waals surface area (Å²) in [5.41, 5.74) is 3.75. The molecule has 0 saturated heterocycles. The Labute approximate surface area is 169 Å². The van der Waals surface area contributed by atoms with Crippen molar-refractivity contribution in [3.63, 3.8) is 0 Å². The summed E-state index contributed by atoms with van der Waals surface area (Å²) in [6.45, 7) is 0. The van der Waals surface area contributed by atoms with Crippen molar-refractivity contribution in [2.75, 3.05) is 0 Å². The van der Waals surface area contributed by atoms with Gasteiger partial charge in [-0.15, -0.1) is 10.2 Å². The lowest BCUT2D eigenvalue weighted by atomic mass is 9.42. The summed E-state index contributed by atoms with van der Waals surface area (Å²) in [7, 11) is 0. The van der Waals surface area contributed by atoms with E-state index in [1.54, 1.807) is 6.20 Å². The van der Waals surface area contributed by atoms with Crippen LogP contribution in [0.25, 0.3) is 11.1 Å². The van der Waals surface area contributed by atoms with Gasteiger partial charge < -0.3 is 5.11 Å². The van der Waals surface area contributed by atoms with Gasteiger partial charge in [0.1, 0.15) is 0 Å². The Morgan fingerprint density at radius 2 is 1.69 bits per heavy atom. The standard InChI is InChI=1S/C23H25N5O/c29-22-16-8-19-10-17(22)11-20(9-16)23(19,12-21-25-27-28-26-21)18-5-3-14(4-6-18)15-2-1-7-24-13-15/h1-7,13,16-17,19-20,22,29H,8-12H2,(H,25,26,27,28). The van der Waals surface area contributed by atoms with E-state index in [0.717, 1.165) is 43.5 Å². The fourth-order valence-electron chi connectivity index (χ4n) is 6.85. The van der Waals surface area contributed by atoms with E-state index < -0.39 is 0 Å². The maximum atomic E-state index is 10.6. The van der Waals surface area contributed by atoms with Crippen LogP contribution in [0.2, 0.25) is 0 Å². The molecule has 2 aromatic heterocycles. The number of H-pyrrole nitrogens is 1. The Bertz CT molecular complexity index is 956. The SMILES string of the molecule is OC1C2CC3CC1CC(C2)C3(Cc1nn[nH]n1)c1ccc(-c2cccnc2)cc1. The van der Waals surface area contributed by atoms with Crippen molar-refractivity contribution in [2.45, 2.75) is 43.6 Å². The summed E-state index contributed by atoms with van der Waals surface area (Å²) >= 11 is 0. The summed E-state index contributed by atoms with van der Waals surface area (Å²) in [5.74, 6) is 2.86. The summed E-state index contributed by atoms with van der Waals surface area (Å²) in [5, 5.41) is 25.7. The molecule has 4 bridgehead atoms. The number of hydrogen-bond acceptors (Lipinski definition) is 5. The summed E-state index contributed by atoms with van der Waals surface area (Å²) in [6.07, 6.45) is 8.87. The molecule has 6 heteroatoms. The van der Waals surface area contributed by atoms with Crippen LogP contribution in [0.3, 0.4) is 0 Å². The van der Waals surface area contributed by atoms with Gasteiger partial charge in [-0.25, -0.2) is 0 Å². The molecule has 0 amide bonds. The van der Waals surface area contributed by atoms with Crippen LogP contribution >= 0.6 is 0 Å². The second-order valence-electron chi connectivity index (χ2n) is 9.21. The van der Waals surface area contributed by atoms with E-state index >= 15 is 0 Å². The van der Waals surface area contributed by atoms with E-state index in [1.165, 1.54) is 11.1 Å². The molecule has 1 aromatic carbocycles. The Hall–Kier alpha value is -2.60. The van der Waals surface area contributed by atoms with Gasteiger partial charge in [0.05, 0.1) is 6.10 Å². The minimum absolute atomic E-state index is 0.0322. The van der Waals surface area contributed by atoms with Gasteiger partial charge in [-0.05, 0) is 72.1 Å². The first-order chi connectivity index (χ1) is 14.2. The molecule has 6 nitrogen and oxygen atoms in total. The third-order valence-corrected chi connectivity index (χ3v) is 8.03. The molecule has 4 aliphatic carbocycles. The molecule has 4 saturated carbocycles. The van der Waals surface area contributed by atoms with Crippen LogP contribution < -0.4 is 0 Å². The van der Waals surface area contributed by atoms with Crippen molar-refractivity contribution >= 4 is 0 Å². The van der Waals surface area contributed by atoms with Crippen LogP contribution in [0, 0.1) is 23.7 Å². The number of tetrazole rings is 1. The predicted molar refractivity (Wildman–Crippen MR) is 108 cm³/mol. The first-order valence-corrected chi connectivity index (χ1v) is 10.7. The number of aromatic amines is 1. The number of nitrogens with one attached hydrogen (secondary N) is 1. The van der Waals surface area contributed by atoms with Gasteiger partial charge in [0, 0.05) is 24.2 Å². The van der Waals surface area contributed by atoms with Gasteiger partial charge in [0.15, 0.2) is 5.82 Å². The van der Waals surface area contributed by atoms with Crippen LogP contribution in [-0.4, -0.2) is 36.8 Å². The third kappa shape index (κ3) is 2.58. The molecule has 148 valence electrons. The maximum absolute atomic E-state index is 10.6. The second kappa shape index (κ2) is 6.46. The van der Waals surface area contributed by atoms with E-state index in [9.17, 15) is 5.11 Å². The molecule has 0 atom stereocenters. The van der Waals surface area contributed by atoms with Gasteiger partial charge in [-0.2, -0.15) is 5.21 Å². The van der Waals surface area contributed by atoms with E-state index in [-0.39, 0.29) is 11.5 Å². The average Bonchev–Trinajstić information content (AvgIpc) is 3.26. The van der Waals surface area contributed by atoms with Crippen LogP contribution in [0.5, 0.6) is 0 Å². The minimum atomic E-state index is -0.0985. The highest BCUT2D eigenvalue weighted by atomic mass is 16.3. The largest absolute Gasteiger partial charge is 0.393 e. The lowest BCUT2D eigenvalue weighted by Crippen LogP contribution is -2.61. The zero-order valence-electron chi connectivity index (χ0n) is 16.3. The molecular weight excluding hydrogens is 362 g/mol. The molecule has 2 N–H and O–H groups in total. The number of nitrogens with zero attached hydrogens (tertiary/aromatic N) is 4. The molecule has 0 radical (unpaired) electrons. The summed E-state index contributed by atoms with van der Waals surface area (Å²) in [6, 6.07) is 13.1. The normalized spacial score (nSPS) is 35.1. The first-order valence-electron chi connectivity index (χ1n) is 10.7. The predicted octanol–water partition coefficient (Wildman–Crippen LogP) is 3.17. The number of aromatic nitrogens is 5. The number of benzene rings is 1. The quantitative estimate of drug-likeness (QED) is 0.718. The van der Waals surface area contributed by atoms with Crippen molar-refractivity contribution in [2.24, 2.45) is 23.7 Å². The molecule has 29 heavy (non-hydrogen) atoms. The molecule has 7 rings (SSSR count). The molecule has 0 aliphatic heterocycles. The van der Waals surface area contributed by atoms with Crippen molar-refractivity contribution in [3.8, 4) is 11.1 Å². The van der Waals surface area contributed by atoms with Crippen LogP contribution in [-0.2, 0) is 11.8 Å². The minimum Gasteiger partial charge on any atom is -0.393 e. The van der Waals surface area contributed by atoms with Crippen molar-refractivity contribution in [1.29, 1.82) is 0 Å². The van der Waals surface area contributed by atoms with Gasteiger partial charge >= 0.3 is 0 Å². The molecule has 4 aliphatic rings. The number of hydrogen-bond donors (Lipinski definition) is 2. The monoisotopic (exact) mass is 387 g/mol. The Morgan fingerprint density at radius 1 is 0.966 bits per heavy atom.